The molecule has 0 aliphatic heterocycles. The topological polar surface area (TPSA) is 40.9 Å². The highest BCUT2D eigenvalue weighted by atomic mass is 16.1. The maximum absolute atomic E-state index is 12.8. The average Bonchev–Trinajstić information content (AvgIpc) is 2.92. The second-order valence-corrected chi connectivity index (χ2v) is 7.84. The fourth-order valence-corrected chi connectivity index (χ4v) is 4.26. The summed E-state index contributed by atoms with van der Waals surface area (Å²) in [6, 6.07) is 22.5. The lowest BCUT2D eigenvalue weighted by atomic mass is 9.77. The van der Waals surface area contributed by atoms with Crippen LogP contribution in [0.25, 0.3) is 0 Å². The quantitative estimate of drug-likeness (QED) is 0.608. The number of benzene rings is 2. The molecule has 0 N–H and O–H groups in total. The fourth-order valence-electron chi connectivity index (χ4n) is 4.26. The summed E-state index contributed by atoms with van der Waals surface area (Å²) < 4.78 is 0. The van der Waals surface area contributed by atoms with Gasteiger partial charge in [-0.15, -0.1) is 0 Å². The summed E-state index contributed by atoms with van der Waals surface area (Å²) in [4.78, 5) is 12.8. The van der Waals surface area contributed by atoms with Gasteiger partial charge in [-0.05, 0) is 36.0 Å². The molecule has 0 radical (unpaired) electrons. The number of carbonyl (C=O) groups is 1. The Labute approximate surface area is 168 Å². The molecular formula is C26H27NO. The van der Waals surface area contributed by atoms with Crippen molar-refractivity contribution in [2.45, 2.75) is 39.0 Å². The molecule has 2 aromatic carbocycles. The minimum atomic E-state index is -0.299. The zero-order valence-electron chi connectivity index (χ0n) is 16.9. The van der Waals surface area contributed by atoms with Crippen LogP contribution in [-0.2, 0) is 4.79 Å². The van der Waals surface area contributed by atoms with E-state index in [1.807, 2.05) is 62.4 Å². The Morgan fingerprint density at radius 3 is 2.00 bits per heavy atom. The predicted molar refractivity (Wildman–Crippen MR) is 114 cm³/mol. The van der Waals surface area contributed by atoms with Crippen molar-refractivity contribution in [1.82, 2.24) is 0 Å². The molecule has 0 amide bonds. The summed E-state index contributed by atoms with van der Waals surface area (Å²) in [5.74, 6) is 0.0844. The van der Waals surface area contributed by atoms with Crippen molar-refractivity contribution in [2.24, 2.45) is 11.8 Å². The number of carbonyl (C=O) groups excluding carboxylic acids is 1. The smallest absolute Gasteiger partial charge is 0.166 e. The third-order valence-electron chi connectivity index (χ3n) is 6.24. The van der Waals surface area contributed by atoms with Gasteiger partial charge in [0.1, 0.15) is 0 Å². The summed E-state index contributed by atoms with van der Waals surface area (Å²) in [6.07, 6.45) is 0.592. The summed E-state index contributed by atoms with van der Waals surface area (Å²) >= 11 is 0. The Balaban J connectivity index is 1.98. The van der Waals surface area contributed by atoms with E-state index in [-0.39, 0.29) is 29.5 Å². The molecule has 2 aromatic rings. The Kier molecular flexibility index (Phi) is 5.95. The van der Waals surface area contributed by atoms with Crippen LogP contribution in [0, 0.1) is 23.2 Å². The van der Waals surface area contributed by atoms with Gasteiger partial charge in [-0.1, -0.05) is 86.7 Å². The number of Topliss-reactive ketones (excluding diaryl/α,β-unsaturated/α-hetero) is 1. The molecule has 1 aliphatic carbocycles. The third-order valence-corrected chi connectivity index (χ3v) is 6.24. The molecule has 0 heterocycles. The third kappa shape index (κ3) is 3.71. The van der Waals surface area contributed by atoms with E-state index in [1.165, 1.54) is 0 Å². The van der Waals surface area contributed by atoms with E-state index >= 15 is 0 Å². The first kappa shape index (κ1) is 19.8. The lowest BCUT2D eigenvalue weighted by molar-refractivity contribution is -0.118. The number of hydrogen-bond acceptors (Lipinski definition) is 2. The second-order valence-electron chi connectivity index (χ2n) is 7.84. The van der Waals surface area contributed by atoms with Crippen LogP contribution in [0.5, 0.6) is 0 Å². The first-order chi connectivity index (χ1) is 13.5. The minimum Gasteiger partial charge on any atom is -0.294 e. The van der Waals surface area contributed by atoms with Gasteiger partial charge in [0.25, 0.3) is 0 Å². The molecule has 0 saturated heterocycles. The van der Waals surface area contributed by atoms with Gasteiger partial charge < -0.3 is 0 Å². The molecule has 142 valence electrons. The van der Waals surface area contributed by atoms with Crippen LogP contribution in [0.1, 0.15) is 50.2 Å². The van der Waals surface area contributed by atoms with Crippen LogP contribution in [0.3, 0.4) is 0 Å². The van der Waals surface area contributed by atoms with Gasteiger partial charge in [-0.3, -0.25) is 4.79 Å². The van der Waals surface area contributed by atoms with E-state index in [0.717, 1.165) is 27.8 Å². The van der Waals surface area contributed by atoms with E-state index in [1.54, 1.807) is 0 Å². The Hall–Kier alpha value is -2.92. The number of rotatable bonds is 6. The Bertz CT molecular complexity index is 933. The van der Waals surface area contributed by atoms with Crippen molar-refractivity contribution >= 4 is 5.78 Å². The second kappa shape index (κ2) is 8.40. The number of nitriles is 1. The molecule has 4 unspecified atom stereocenters. The highest BCUT2D eigenvalue weighted by molar-refractivity contribution is 6.04. The van der Waals surface area contributed by atoms with Gasteiger partial charge in [0.15, 0.2) is 5.78 Å². The summed E-state index contributed by atoms with van der Waals surface area (Å²) in [5, 5.41) is 10.0. The van der Waals surface area contributed by atoms with Gasteiger partial charge >= 0.3 is 0 Å². The SMILES string of the molecule is C=C(CC(c1ccccc1)C(C#N)c1ccccc1)C1=C(C)C(C)C(C)C1=O. The van der Waals surface area contributed by atoms with Crippen molar-refractivity contribution in [3.63, 3.8) is 0 Å². The van der Waals surface area contributed by atoms with Gasteiger partial charge in [0.2, 0.25) is 0 Å². The Morgan fingerprint density at radius 2 is 1.54 bits per heavy atom. The van der Waals surface area contributed by atoms with Gasteiger partial charge in [0, 0.05) is 17.4 Å². The van der Waals surface area contributed by atoms with Crippen molar-refractivity contribution in [1.29, 1.82) is 5.26 Å². The van der Waals surface area contributed by atoms with Crippen molar-refractivity contribution < 1.29 is 4.79 Å². The molecule has 2 nitrogen and oxygen atoms in total. The lowest BCUT2D eigenvalue weighted by Crippen LogP contribution is -2.15. The molecular weight excluding hydrogens is 342 g/mol. The highest BCUT2D eigenvalue weighted by Gasteiger charge is 2.36. The van der Waals surface area contributed by atoms with E-state index in [9.17, 15) is 10.1 Å². The van der Waals surface area contributed by atoms with Crippen molar-refractivity contribution in [3.8, 4) is 6.07 Å². The van der Waals surface area contributed by atoms with E-state index in [2.05, 4.69) is 31.7 Å². The molecule has 0 spiro atoms. The number of hydrogen-bond donors (Lipinski definition) is 0. The summed E-state index contributed by atoms with van der Waals surface area (Å²) in [6.45, 7) is 10.4. The maximum Gasteiger partial charge on any atom is 0.166 e. The molecule has 0 bridgehead atoms. The van der Waals surface area contributed by atoms with Gasteiger partial charge in [-0.25, -0.2) is 0 Å². The zero-order chi connectivity index (χ0) is 20.3. The maximum atomic E-state index is 12.8. The largest absolute Gasteiger partial charge is 0.294 e. The van der Waals surface area contributed by atoms with Crippen LogP contribution in [-0.4, -0.2) is 5.78 Å². The van der Waals surface area contributed by atoms with E-state index in [4.69, 9.17) is 0 Å². The molecule has 0 saturated carbocycles. The molecule has 28 heavy (non-hydrogen) atoms. The first-order valence-electron chi connectivity index (χ1n) is 9.88. The monoisotopic (exact) mass is 369 g/mol. The van der Waals surface area contributed by atoms with Crippen LogP contribution in [0.2, 0.25) is 0 Å². The molecule has 1 aliphatic rings. The number of allylic oxidation sites excluding steroid dienone is 3. The molecule has 4 atom stereocenters. The van der Waals surface area contributed by atoms with Gasteiger partial charge in [0.05, 0.1) is 12.0 Å². The van der Waals surface area contributed by atoms with E-state index < -0.39 is 0 Å². The van der Waals surface area contributed by atoms with Crippen LogP contribution in [0.4, 0.5) is 0 Å². The molecule has 2 heteroatoms. The van der Waals surface area contributed by atoms with Crippen molar-refractivity contribution in [3.05, 3.63) is 95.1 Å². The fraction of sp³-hybridized carbons (Fsp3) is 0.308. The molecule has 0 aromatic heterocycles. The highest BCUT2D eigenvalue weighted by Crippen LogP contribution is 2.42. The van der Waals surface area contributed by atoms with E-state index in [0.29, 0.717) is 6.42 Å². The molecule has 3 rings (SSSR count). The lowest BCUT2D eigenvalue weighted by Gasteiger charge is -2.24. The minimum absolute atomic E-state index is 0.00260. The van der Waals surface area contributed by atoms with Crippen LogP contribution >= 0.6 is 0 Å². The number of nitrogens with zero attached hydrogens (tertiary/aromatic N) is 1. The number of ketones is 1. The summed E-state index contributed by atoms with van der Waals surface area (Å²) in [7, 11) is 0. The molecule has 0 fully saturated rings. The summed E-state index contributed by atoms with van der Waals surface area (Å²) in [5.41, 5.74) is 4.87. The van der Waals surface area contributed by atoms with Crippen LogP contribution < -0.4 is 0 Å². The standard InChI is InChI=1S/C26H27NO/c1-17(25-19(3)18(2)20(4)26(25)28)15-23(21-11-7-5-8-12-21)24(16-27)22-13-9-6-10-14-22/h5-14,18,20,23-24H,1,15H2,2-4H3. The van der Waals surface area contributed by atoms with Crippen LogP contribution in [0.15, 0.2) is 84.0 Å². The first-order valence-corrected chi connectivity index (χ1v) is 9.88. The van der Waals surface area contributed by atoms with Gasteiger partial charge in [-0.2, -0.15) is 5.26 Å². The van der Waals surface area contributed by atoms with Crippen molar-refractivity contribution in [2.75, 3.05) is 0 Å². The normalized spacial score (nSPS) is 21.3. The average molecular weight is 370 g/mol. The predicted octanol–water partition coefficient (Wildman–Crippen LogP) is 6.20. The zero-order valence-corrected chi connectivity index (χ0v) is 16.9. The Morgan fingerprint density at radius 1 is 1.00 bits per heavy atom.